The molecule has 2 rings (SSSR count). The summed E-state index contributed by atoms with van der Waals surface area (Å²) in [6.45, 7) is 3.68. The van der Waals surface area contributed by atoms with Crippen LogP contribution in [-0.4, -0.2) is 27.5 Å². The lowest BCUT2D eigenvalue weighted by Gasteiger charge is -2.16. The first-order valence-electron chi connectivity index (χ1n) is 7.60. The van der Waals surface area contributed by atoms with Crippen LogP contribution in [-0.2, 0) is 10.0 Å². The maximum atomic E-state index is 12.5. The molecule has 26 heavy (non-hydrogen) atoms. The summed E-state index contributed by atoms with van der Waals surface area (Å²) < 4.78 is 33.7. The molecule has 0 aromatic heterocycles. The zero-order valence-electron chi connectivity index (χ0n) is 14.4. The number of carbonyl (C=O) groups excluding carboxylic acids is 1. The number of hydrogen-bond acceptors (Lipinski definition) is 5. The highest BCUT2D eigenvalue weighted by atomic mass is 35.5. The number of halogens is 1. The van der Waals surface area contributed by atoms with E-state index in [1.54, 1.807) is 6.07 Å². The predicted molar refractivity (Wildman–Crippen MR) is 99.5 cm³/mol. The Labute approximate surface area is 157 Å². The summed E-state index contributed by atoms with van der Waals surface area (Å²) in [5, 5.41) is 7.91. The van der Waals surface area contributed by atoms with Crippen LogP contribution in [0.4, 0.5) is 5.69 Å². The van der Waals surface area contributed by atoms with Gasteiger partial charge in [0.25, 0.3) is 5.91 Å². The normalized spacial score (nSPS) is 11.3. The third-order valence-corrected chi connectivity index (χ3v) is 4.46. The molecule has 0 unspecified atom stereocenters. The van der Waals surface area contributed by atoms with E-state index < -0.39 is 15.9 Å². The van der Waals surface area contributed by atoms with Crippen molar-refractivity contribution in [3.05, 3.63) is 47.0 Å². The first-order valence-corrected chi connectivity index (χ1v) is 9.52. The largest absolute Gasteiger partial charge is 0.493 e. The van der Waals surface area contributed by atoms with Gasteiger partial charge in [-0.05, 0) is 44.2 Å². The Morgan fingerprint density at radius 3 is 2.50 bits per heavy atom. The first-order chi connectivity index (χ1) is 12.1. The van der Waals surface area contributed by atoms with Crippen LogP contribution >= 0.6 is 11.6 Å². The van der Waals surface area contributed by atoms with Crippen molar-refractivity contribution in [2.75, 3.05) is 12.4 Å². The lowest BCUT2D eigenvalue weighted by molar-refractivity contribution is 0.102. The van der Waals surface area contributed by atoms with E-state index in [9.17, 15) is 13.2 Å². The number of hydrogen-bond donors (Lipinski definition) is 2. The van der Waals surface area contributed by atoms with Gasteiger partial charge < -0.3 is 14.8 Å². The van der Waals surface area contributed by atoms with Crippen LogP contribution in [0.1, 0.15) is 24.2 Å². The molecule has 0 aliphatic heterocycles. The topological polar surface area (TPSA) is 108 Å². The highest BCUT2D eigenvalue weighted by Gasteiger charge is 2.17. The van der Waals surface area contributed by atoms with E-state index in [1.807, 2.05) is 13.8 Å². The molecule has 2 aromatic carbocycles. The van der Waals surface area contributed by atoms with Gasteiger partial charge in [0.1, 0.15) is 0 Å². The number of sulfonamides is 1. The number of ether oxygens (including phenoxy) is 2. The van der Waals surface area contributed by atoms with Crippen molar-refractivity contribution >= 4 is 33.2 Å². The molecular weight excluding hydrogens is 380 g/mol. The Balaban J connectivity index is 2.32. The van der Waals surface area contributed by atoms with Gasteiger partial charge in [0.15, 0.2) is 11.5 Å². The summed E-state index contributed by atoms with van der Waals surface area (Å²) in [4.78, 5) is 12.4. The van der Waals surface area contributed by atoms with Crippen molar-refractivity contribution in [2.24, 2.45) is 5.14 Å². The Kier molecular flexibility index (Phi) is 6.12. The second kappa shape index (κ2) is 7.94. The molecule has 1 amide bonds. The Morgan fingerprint density at radius 2 is 1.92 bits per heavy atom. The van der Waals surface area contributed by atoms with E-state index in [0.29, 0.717) is 11.5 Å². The van der Waals surface area contributed by atoms with E-state index in [1.165, 1.54) is 37.4 Å². The molecule has 3 N–H and O–H groups in total. The van der Waals surface area contributed by atoms with Gasteiger partial charge >= 0.3 is 0 Å². The van der Waals surface area contributed by atoms with Crippen LogP contribution in [0.3, 0.4) is 0 Å². The third-order valence-electron chi connectivity index (χ3n) is 3.27. The Bertz CT molecular complexity index is 929. The number of amides is 1. The van der Waals surface area contributed by atoms with E-state index in [4.69, 9.17) is 26.2 Å². The second-order valence-corrected chi connectivity index (χ2v) is 7.65. The van der Waals surface area contributed by atoms with Crippen molar-refractivity contribution in [3.8, 4) is 11.5 Å². The smallest absolute Gasteiger partial charge is 0.255 e. The number of primary sulfonamides is 1. The quantitative estimate of drug-likeness (QED) is 0.777. The van der Waals surface area contributed by atoms with Crippen LogP contribution in [0.15, 0.2) is 41.3 Å². The zero-order chi connectivity index (χ0) is 19.5. The summed E-state index contributed by atoms with van der Waals surface area (Å²) in [7, 11) is -2.43. The molecule has 0 spiro atoms. The molecule has 0 aliphatic rings. The molecule has 140 valence electrons. The first kappa shape index (κ1) is 20.0. The summed E-state index contributed by atoms with van der Waals surface area (Å²) in [6, 6.07) is 8.55. The number of nitrogens with one attached hydrogen (secondary N) is 1. The highest BCUT2D eigenvalue weighted by Crippen LogP contribution is 2.37. The molecule has 7 nitrogen and oxygen atoms in total. The van der Waals surface area contributed by atoms with Gasteiger partial charge in [0.2, 0.25) is 10.0 Å². The van der Waals surface area contributed by atoms with Crippen molar-refractivity contribution in [3.63, 3.8) is 0 Å². The van der Waals surface area contributed by atoms with Gasteiger partial charge in [0.05, 0.1) is 23.1 Å². The molecule has 0 saturated heterocycles. The lowest BCUT2D eigenvalue weighted by Crippen LogP contribution is -2.15. The Morgan fingerprint density at radius 1 is 1.23 bits per heavy atom. The van der Waals surface area contributed by atoms with Gasteiger partial charge in [-0.15, -0.1) is 0 Å². The SMILES string of the molecule is COc1cc(C(=O)Nc2cccc(S(N)(=O)=O)c2)cc(Cl)c1OC(C)C. The Hall–Kier alpha value is -2.29. The van der Waals surface area contributed by atoms with Crippen molar-refractivity contribution in [1.82, 2.24) is 0 Å². The number of rotatable bonds is 6. The molecule has 0 bridgehead atoms. The minimum absolute atomic E-state index is 0.105. The van der Waals surface area contributed by atoms with Crippen molar-refractivity contribution in [1.29, 1.82) is 0 Å². The van der Waals surface area contributed by atoms with E-state index in [2.05, 4.69) is 5.32 Å². The van der Waals surface area contributed by atoms with Crippen LogP contribution in [0.25, 0.3) is 0 Å². The van der Waals surface area contributed by atoms with Crippen molar-refractivity contribution in [2.45, 2.75) is 24.8 Å². The van der Waals surface area contributed by atoms with Crippen LogP contribution < -0.4 is 19.9 Å². The summed E-state index contributed by atoms with van der Waals surface area (Å²) >= 11 is 6.21. The van der Waals surface area contributed by atoms with Crippen LogP contribution in [0.5, 0.6) is 11.5 Å². The van der Waals surface area contributed by atoms with E-state index in [0.717, 1.165) is 0 Å². The van der Waals surface area contributed by atoms with Crippen molar-refractivity contribution < 1.29 is 22.7 Å². The molecule has 9 heteroatoms. The molecule has 0 radical (unpaired) electrons. The molecule has 0 aliphatic carbocycles. The number of benzene rings is 2. The molecule has 0 fully saturated rings. The molecule has 0 saturated carbocycles. The lowest BCUT2D eigenvalue weighted by atomic mass is 10.1. The third kappa shape index (κ3) is 4.87. The fourth-order valence-electron chi connectivity index (χ4n) is 2.16. The number of methoxy groups -OCH3 is 1. The minimum atomic E-state index is -3.87. The zero-order valence-corrected chi connectivity index (χ0v) is 16.0. The molecule has 0 heterocycles. The minimum Gasteiger partial charge on any atom is -0.493 e. The second-order valence-electron chi connectivity index (χ2n) is 5.68. The van der Waals surface area contributed by atoms with Crippen LogP contribution in [0.2, 0.25) is 5.02 Å². The highest BCUT2D eigenvalue weighted by molar-refractivity contribution is 7.89. The standard InChI is InChI=1S/C17H19ClN2O5S/c1-10(2)25-16-14(18)7-11(8-15(16)24-3)17(21)20-12-5-4-6-13(9-12)26(19,22)23/h4-10H,1-3H3,(H,20,21)(H2,19,22,23). The fourth-order valence-corrected chi connectivity index (χ4v) is 2.97. The van der Waals surface area contributed by atoms with E-state index in [-0.39, 0.29) is 27.3 Å². The number of nitrogens with two attached hydrogens (primary N) is 1. The van der Waals surface area contributed by atoms with Gasteiger partial charge in [-0.25, -0.2) is 13.6 Å². The average Bonchev–Trinajstić information content (AvgIpc) is 2.55. The van der Waals surface area contributed by atoms with E-state index >= 15 is 0 Å². The molecule has 0 atom stereocenters. The molecule has 2 aromatic rings. The van der Waals surface area contributed by atoms with Gasteiger partial charge in [-0.2, -0.15) is 0 Å². The summed E-state index contributed by atoms with van der Waals surface area (Å²) in [5.74, 6) is 0.166. The predicted octanol–water partition coefficient (Wildman–Crippen LogP) is 3.04. The molecular formula is C17H19ClN2O5S. The summed E-state index contributed by atoms with van der Waals surface area (Å²) in [6.07, 6.45) is -0.123. The van der Waals surface area contributed by atoms with Crippen LogP contribution in [0, 0.1) is 0 Å². The summed E-state index contributed by atoms with van der Waals surface area (Å²) in [5.41, 5.74) is 0.503. The number of carbonyl (C=O) groups is 1. The number of anilines is 1. The van der Waals surface area contributed by atoms with Gasteiger partial charge in [0, 0.05) is 11.3 Å². The average molecular weight is 399 g/mol. The maximum absolute atomic E-state index is 12.5. The maximum Gasteiger partial charge on any atom is 0.255 e. The fraction of sp³-hybridized carbons (Fsp3) is 0.235. The monoisotopic (exact) mass is 398 g/mol. The van der Waals surface area contributed by atoms with Gasteiger partial charge in [-0.1, -0.05) is 17.7 Å². The van der Waals surface area contributed by atoms with Gasteiger partial charge in [-0.3, -0.25) is 4.79 Å².